The van der Waals surface area contributed by atoms with Crippen LogP contribution in [0.2, 0.25) is 0 Å². The molecule has 4 aliphatic heterocycles. The van der Waals surface area contributed by atoms with E-state index in [0.29, 0.717) is 71.7 Å². The second-order valence-electron chi connectivity index (χ2n) is 17.3. The summed E-state index contributed by atoms with van der Waals surface area (Å²) in [6, 6.07) is 14.4. The maximum absolute atomic E-state index is 13.9. The highest BCUT2D eigenvalue weighted by atomic mass is 16.5. The molecule has 60 heavy (non-hydrogen) atoms. The van der Waals surface area contributed by atoms with Crippen molar-refractivity contribution in [2.45, 2.75) is 97.2 Å². The van der Waals surface area contributed by atoms with Crippen molar-refractivity contribution in [2.24, 2.45) is 28.5 Å². The molecule has 3 aromatic rings. The molecule has 5 aliphatic rings. The molecule has 3 amide bonds. The lowest BCUT2D eigenvalue weighted by atomic mass is 9.93. The Morgan fingerprint density at radius 2 is 1.62 bits per heavy atom. The quantitative estimate of drug-likeness (QED) is 0.148. The maximum atomic E-state index is 13.9. The fourth-order valence-electron chi connectivity index (χ4n) is 8.58. The van der Waals surface area contributed by atoms with Crippen molar-refractivity contribution in [1.82, 2.24) is 9.80 Å². The zero-order valence-electron chi connectivity index (χ0n) is 35.2. The van der Waals surface area contributed by atoms with Crippen molar-refractivity contribution >= 4 is 46.7 Å². The number of aliphatic imine (C=N–C) groups is 1. The second-order valence-corrected chi connectivity index (χ2v) is 17.3. The summed E-state index contributed by atoms with van der Waals surface area (Å²) in [5.41, 5.74) is 13.5. The molecule has 4 atom stereocenters. The molecule has 8 rings (SSSR count). The van der Waals surface area contributed by atoms with Crippen LogP contribution in [-0.4, -0.2) is 78.0 Å². The van der Waals surface area contributed by atoms with Gasteiger partial charge in [-0.25, -0.2) is 0 Å². The van der Waals surface area contributed by atoms with E-state index in [0.717, 1.165) is 41.5 Å². The molecule has 0 saturated heterocycles. The maximum Gasteiger partial charge on any atom is 0.260 e. The number of amides is 3. The number of ketones is 1. The first-order chi connectivity index (χ1) is 28.9. The molecule has 314 valence electrons. The molecule has 0 bridgehead atoms. The van der Waals surface area contributed by atoms with Crippen LogP contribution in [0.1, 0.15) is 103 Å². The summed E-state index contributed by atoms with van der Waals surface area (Å²) in [6.45, 7) is 8.22. The highest BCUT2D eigenvalue weighted by Crippen LogP contribution is 2.45. The fraction of sp³-hybridized carbons (Fsp3) is 0.438. The van der Waals surface area contributed by atoms with Crippen molar-refractivity contribution in [2.75, 3.05) is 25.6 Å². The Balaban J connectivity index is 0.847. The lowest BCUT2D eigenvalue weighted by Crippen LogP contribution is -2.37. The molecular formula is C48H55N5O7. The molecule has 1 saturated carbocycles. The SMILES string of the molecule is COc1cc2c(cc1OCCCOc1cc3c(cc1C)C(=O)N1C=C(c4ccc(NC(=O)[C@H](C)CC(=O)[C@@H](N)C(C)C)cc4)C[C@H]1C=N3)CC[C@@H]1CC(C3CC3)=CN1C2=O. The molecular weight excluding hydrogens is 759 g/mol. The summed E-state index contributed by atoms with van der Waals surface area (Å²) in [7, 11) is 1.60. The van der Waals surface area contributed by atoms with Crippen molar-refractivity contribution in [3.63, 3.8) is 0 Å². The van der Waals surface area contributed by atoms with Crippen molar-refractivity contribution in [3.8, 4) is 17.2 Å². The minimum absolute atomic E-state index is 0.0156. The first-order valence-corrected chi connectivity index (χ1v) is 21.3. The monoisotopic (exact) mass is 813 g/mol. The van der Waals surface area contributed by atoms with Gasteiger partial charge in [0.25, 0.3) is 11.8 Å². The van der Waals surface area contributed by atoms with Gasteiger partial charge in [-0.15, -0.1) is 0 Å². The number of hydrogen-bond acceptors (Lipinski definition) is 9. The smallest absolute Gasteiger partial charge is 0.260 e. The van der Waals surface area contributed by atoms with Crippen LogP contribution in [-0.2, 0) is 16.0 Å². The molecule has 1 fully saturated rings. The number of aryl methyl sites for hydroxylation is 2. The fourth-order valence-corrected chi connectivity index (χ4v) is 8.58. The number of nitrogens with one attached hydrogen (secondary N) is 1. The summed E-state index contributed by atoms with van der Waals surface area (Å²) in [5.74, 6) is 1.55. The van der Waals surface area contributed by atoms with E-state index in [-0.39, 0.29) is 47.9 Å². The normalized spacial score (nSPS) is 20.2. The third-order valence-electron chi connectivity index (χ3n) is 12.5. The minimum atomic E-state index is -0.582. The molecule has 12 heteroatoms. The number of methoxy groups -OCH3 is 1. The van der Waals surface area contributed by atoms with Crippen molar-refractivity contribution in [3.05, 3.63) is 94.3 Å². The van der Waals surface area contributed by atoms with Crippen LogP contribution < -0.4 is 25.3 Å². The highest BCUT2D eigenvalue weighted by molar-refractivity contribution is 6.05. The zero-order chi connectivity index (χ0) is 42.2. The van der Waals surface area contributed by atoms with E-state index >= 15 is 0 Å². The largest absolute Gasteiger partial charge is 0.493 e. The number of carbonyl (C=O) groups excluding carboxylic acids is 4. The molecule has 4 heterocycles. The van der Waals surface area contributed by atoms with Gasteiger partial charge in [-0.3, -0.25) is 24.2 Å². The summed E-state index contributed by atoms with van der Waals surface area (Å²) < 4.78 is 18.1. The number of hydrogen-bond donors (Lipinski definition) is 2. The minimum Gasteiger partial charge on any atom is -0.493 e. The van der Waals surface area contributed by atoms with Crippen LogP contribution in [0.5, 0.6) is 17.2 Å². The lowest BCUT2D eigenvalue weighted by Gasteiger charge is -2.21. The Bertz CT molecular complexity index is 2290. The molecule has 0 unspecified atom stereocenters. The van der Waals surface area contributed by atoms with E-state index in [1.807, 2.05) is 86.6 Å². The van der Waals surface area contributed by atoms with Crippen LogP contribution in [0, 0.1) is 24.7 Å². The third kappa shape index (κ3) is 8.48. The third-order valence-corrected chi connectivity index (χ3v) is 12.5. The molecule has 0 spiro atoms. The van der Waals surface area contributed by atoms with Crippen molar-refractivity contribution < 1.29 is 33.4 Å². The topological polar surface area (TPSA) is 153 Å². The molecule has 3 N–H and O–H groups in total. The number of anilines is 1. The number of nitrogens with zero attached hydrogens (tertiary/aromatic N) is 3. The van der Waals surface area contributed by atoms with E-state index in [9.17, 15) is 19.2 Å². The van der Waals surface area contributed by atoms with Crippen LogP contribution in [0.25, 0.3) is 5.57 Å². The Labute approximate surface area is 351 Å². The van der Waals surface area contributed by atoms with Gasteiger partial charge in [-0.05, 0) is 109 Å². The van der Waals surface area contributed by atoms with E-state index in [4.69, 9.17) is 24.9 Å². The lowest BCUT2D eigenvalue weighted by molar-refractivity contribution is -0.127. The number of carbonyl (C=O) groups is 4. The average molecular weight is 814 g/mol. The van der Waals surface area contributed by atoms with Gasteiger partial charge in [0.2, 0.25) is 5.91 Å². The standard InChI is InChI=1S/C48H55N5O7/c1-27(2)45(49)41(54)18-29(4)46(55)51-35-12-9-31(10-13-35)34-20-37-24-50-40-23-42(28(3)17-39(40)48(57)53(37)26-34)59-15-6-16-60-44-21-32-11-14-36-19-33(30-7-8-30)25-52(36)47(56)38(32)22-43(44)58-5/h9-10,12-13,17,21-27,29-30,36-37,45H,6-8,11,14-16,18-20,49H2,1-5H3,(H,51,55)/t29-,36-,37+,45+/m1/s1. The van der Waals surface area contributed by atoms with Gasteiger partial charge < -0.3 is 35.1 Å². The van der Waals surface area contributed by atoms with Crippen molar-refractivity contribution in [1.29, 1.82) is 0 Å². The second kappa shape index (κ2) is 17.1. The molecule has 0 radical (unpaired) electrons. The van der Waals surface area contributed by atoms with E-state index < -0.39 is 12.0 Å². The Hall–Kier alpha value is -5.75. The van der Waals surface area contributed by atoms with Gasteiger partial charge in [0.15, 0.2) is 17.3 Å². The highest BCUT2D eigenvalue weighted by Gasteiger charge is 2.39. The summed E-state index contributed by atoms with van der Waals surface area (Å²) in [5, 5.41) is 2.90. The number of benzene rings is 3. The number of nitrogens with two attached hydrogens (primary N) is 1. The molecule has 1 aliphatic carbocycles. The molecule has 0 aromatic heterocycles. The van der Waals surface area contributed by atoms with E-state index in [1.165, 1.54) is 18.4 Å². The number of fused-ring (bicyclic) bond motifs is 4. The number of ether oxygens (including phenoxy) is 3. The zero-order valence-corrected chi connectivity index (χ0v) is 35.2. The van der Waals surface area contributed by atoms with Gasteiger partial charge in [-0.1, -0.05) is 32.9 Å². The van der Waals surface area contributed by atoms with Crippen LogP contribution in [0.3, 0.4) is 0 Å². The predicted molar refractivity (Wildman–Crippen MR) is 231 cm³/mol. The van der Waals surface area contributed by atoms with Gasteiger partial charge in [0.05, 0.1) is 43.7 Å². The van der Waals surface area contributed by atoms with Gasteiger partial charge >= 0.3 is 0 Å². The Kier molecular flexibility index (Phi) is 11.7. The van der Waals surface area contributed by atoms with Crippen LogP contribution >= 0.6 is 0 Å². The van der Waals surface area contributed by atoms with E-state index in [1.54, 1.807) is 18.9 Å². The summed E-state index contributed by atoms with van der Waals surface area (Å²) in [4.78, 5) is 61.1. The van der Waals surface area contributed by atoms with Gasteiger partial charge in [-0.2, -0.15) is 0 Å². The first kappa shape index (κ1) is 41.0. The summed E-state index contributed by atoms with van der Waals surface area (Å²) >= 11 is 0. The summed E-state index contributed by atoms with van der Waals surface area (Å²) in [6.07, 6.45) is 12.3. The Morgan fingerprint density at radius 3 is 2.33 bits per heavy atom. The first-order valence-electron chi connectivity index (χ1n) is 21.3. The van der Waals surface area contributed by atoms with Crippen LogP contribution in [0.4, 0.5) is 11.4 Å². The Morgan fingerprint density at radius 1 is 0.883 bits per heavy atom. The molecule has 12 nitrogen and oxygen atoms in total. The van der Waals surface area contributed by atoms with Crippen LogP contribution in [0.15, 0.2) is 71.5 Å². The van der Waals surface area contributed by atoms with Gasteiger partial charge in [0.1, 0.15) is 5.75 Å². The number of rotatable bonds is 15. The van der Waals surface area contributed by atoms with Gasteiger partial charge in [0, 0.05) is 67.2 Å². The number of Topliss-reactive ketones (excluding diaryl/α,β-unsaturated/α-hetero) is 1. The average Bonchev–Trinajstić information content (AvgIpc) is 3.92. The predicted octanol–water partition coefficient (Wildman–Crippen LogP) is 7.79. The van der Waals surface area contributed by atoms with E-state index in [2.05, 4.69) is 11.5 Å². The molecule has 3 aromatic carbocycles.